The van der Waals surface area contributed by atoms with Gasteiger partial charge in [0.05, 0.1) is 26.1 Å². The molecule has 13 nitrogen and oxygen atoms in total. The fraction of sp³-hybridized carbons (Fsp3) is 0.896. The Morgan fingerprint density at radius 3 is 1.73 bits per heavy atom. The number of anilines is 1. The lowest BCUT2D eigenvalue weighted by Crippen LogP contribution is -2.40. The van der Waals surface area contributed by atoms with Crippen molar-refractivity contribution in [1.29, 1.82) is 0 Å². The highest BCUT2D eigenvalue weighted by atomic mass is 31.2. The molecule has 63 heavy (non-hydrogen) atoms. The summed E-state index contributed by atoms with van der Waals surface area (Å²) in [6.45, 7) is 7.92. The second kappa shape index (κ2) is 32.8. The van der Waals surface area contributed by atoms with Crippen LogP contribution in [0.25, 0.3) is 11.2 Å². The monoisotopic (exact) mass is 914 g/mol. The van der Waals surface area contributed by atoms with E-state index in [2.05, 4.69) is 34.1 Å². The number of hydrogen-bond acceptors (Lipinski definition) is 11. The van der Waals surface area contributed by atoms with Crippen LogP contribution in [0.15, 0.2) is 6.33 Å². The van der Waals surface area contributed by atoms with Gasteiger partial charge in [0.15, 0.2) is 28.9 Å². The van der Waals surface area contributed by atoms with E-state index in [1.165, 1.54) is 165 Å². The van der Waals surface area contributed by atoms with Crippen molar-refractivity contribution in [2.24, 2.45) is 0 Å². The Labute approximate surface area is 380 Å². The summed E-state index contributed by atoms with van der Waals surface area (Å²) in [5, 5.41) is 13.9. The van der Waals surface area contributed by atoms with Gasteiger partial charge in [-0.15, -0.1) is 0 Å². The normalized spacial score (nSPS) is 20.5. The van der Waals surface area contributed by atoms with Crippen molar-refractivity contribution in [3.8, 4) is 0 Å². The van der Waals surface area contributed by atoms with Gasteiger partial charge in [-0.05, 0) is 26.7 Å². The highest BCUT2D eigenvalue weighted by Gasteiger charge is 2.56. The summed E-state index contributed by atoms with van der Waals surface area (Å²) in [5.41, 5.74) is -1.58. The van der Waals surface area contributed by atoms with E-state index < -0.39 is 44.6 Å². The summed E-state index contributed by atoms with van der Waals surface area (Å²) in [4.78, 5) is 23.8. The first-order chi connectivity index (χ1) is 30.5. The standard InChI is InChI=1S/C48H89FN5O8P/c1-6-8-10-12-14-16-18-20-22-24-26-28-30-32-34-58-36-41(59-35-33-31-29-27-25-23-21-19-17-15-13-11-9-7-2)37-60-63(56,57)61-38-42-44(55)48(4,49)47(62-42)54-39-51-43-45(50-5)52-40(3)53-46(43)54/h39,41-42,44,47,55H,6-38H2,1-5H3,(H,56,57)(H,50,52,53)/t41?,42-,44-,47-,48-/m1/s1. The van der Waals surface area contributed by atoms with Crippen LogP contribution in [0, 0.1) is 6.92 Å². The van der Waals surface area contributed by atoms with E-state index in [4.69, 9.17) is 23.3 Å². The van der Waals surface area contributed by atoms with Gasteiger partial charge in [-0.25, -0.2) is 23.9 Å². The summed E-state index contributed by atoms with van der Waals surface area (Å²) >= 11 is 0. The van der Waals surface area contributed by atoms with Crippen molar-refractivity contribution in [2.75, 3.05) is 45.4 Å². The van der Waals surface area contributed by atoms with Crippen LogP contribution >= 0.6 is 7.82 Å². The quantitative estimate of drug-likeness (QED) is 0.0429. The lowest BCUT2D eigenvalue weighted by atomic mass is 9.98. The number of alkyl halides is 1. The second-order valence-corrected chi connectivity index (χ2v) is 19.6. The molecule has 1 aliphatic rings. The van der Waals surface area contributed by atoms with Gasteiger partial charge in [0, 0.05) is 20.3 Å². The summed E-state index contributed by atoms with van der Waals surface area (Å²) in [6, 6.07) is 0. The fourth-order valence-corrected chi connectivity index (χ4v) is 9.17. The van der Waals surface area contributed by atoms with Gasteiger partial charge < -0.3 is 29.5 Å². The molecule has 1 fully saturated rings. The number of aliphatic hydroxyl groups excluding tert-OH is 1. The molecule has 0 bridgehead atoms. The van der Waals surface area contributed by atoms with Crippen LogP contribution in [-0.2, 0) is 27.8 Å². The third kappa shape index (κ3) is 22.1. The van der Waals surface area contributed by atoms with Crippen LogP contribution in [0.5, 0.6) is 0 Å². The van der Waals surface area contributed by atoms with Crippen LogP contribution < -0.4 is 5.32 Å². The fourth-order valence-electron chi connectivity index (χ4n) is 8.41. The number of unbranched alkanes of at least 4 members (excludes halogenated alkanes) is 26. The van der Waals surface area contributed by atoms with Crippen molar-refractivity contribution in [1.82, 2.24) is 19.5 Å². The maximum absolute atomic E-state index is 16.1. The van der Waals surface area contributed by atoms with Crippen LogP contribution in [0.3, 0.4) is 0 Å². The first-order valence-corrected chi connectivity index (χ1v) is 26.8. The minimum atomic E-state index is -4.65. The van der Waals surface area contributed by atoms with Gasteiger partial charge >= 0.3 is 7.82 Å². The van der Waals surface area contributed by atoms with E-state index in [0.717, 1.165) is 32.1 Å². The molecule has 1 aliphatic heterocycles. The summed E-state index contributed by atoms with van der Waals surface area (Å²) in [7, 11) is -2.96. The number of halogens is 1. The topological polar surface area (TPSA) is 159 Å². The first kappa shape index (κ1) is 55.6. The van der Waals surface area contributed by atoms with Crippen molar-refractivity contribution in [3.05, 3.63) is 12.2 Å². The van der Waals surface area contributed by atoms with E-state index >= 15 is 4.39 Å². The Morgan fingerprint density at radius 1 is 0.762 bits per heavy atom. The average molecular weight is 914 g/mol. The number of imidazole rings is 1. The number of aryl methyl sites for hydroxylation is 1. The molecule has 1 saturated heterocycles. The van der Waals surface area contributed by atoms with Crippen LogP contribution in [0.1, 0.15) is 213 Å². The maximum Gasteiger partial charge on any atom is 0.472 e. The van der Waals surface area contributed by atoms with Crippen molar-refractivity contribution in [3.63, 3.8) is 0 Å². The summed E-state index contributed by atoms with van der Waals surface area (Å²) < 4.78 is 59.3. The van der Waals surface area contributed by atoms with Crippen molar-refractivity contribution in [2.45, 2.75) is 238 Å². The van der Waals surface area contributed by atoms with Crippen molar-refractivity contribution < 1.29 is 42.2 Å². The molecule has 2 aromatic rings. The Balaban J connectivity index is 1.39. The molecule has 3 N–H and O–H groups in total. The Morgan fingerprint density at radius 2 is 1.24 bits per heavy atom. The lowest BCUT2D eigenvalue weighted by Gasteiger charge is -2.24. The molecule has 0 radical (unpaired) electrons. The molecule has 0 aliphatic carbocycles. The number of ether oxygens (including phenoxy) is 3. The summed E-state index contributed by atoms with van der Waals surface area (Å²) in [5.74, 6) is 0.906. The molecular formula is C48H89FN5O8P. The average Bonchev–Trinajstić information content (AvgIpc) is 3.78. The van der Waals surface area contributed by atoms with Gasteiger partial charge in [0.1, 0.15) is 24.1 Å². The molecule has 15 heteroatoms. The first-order valence-electron chi connectivity index (χ1n) is 25.3. The molecule has 366 valence electrons. The van der Waals surface area contributed by atoms with E-state index in [9.17, 15) is 14.6 Å². The molecule has 3 heterocycles. The predicted molar refractivity (Wildman–Crippen MR) is 252 cm³/mol. The maximum atomic E-state index is 16.1. The molecule has 0 amide bonds. The molecule has 0 spiro atoms. The minimum absolute atomic E-state index is 0.223. The zero-order chi connectivity index (χ0) is 45.6. The number of phosphoric ester groups is 1. The number of fused-ring (bicyclic) bond motifs is 1. The molecular weight excluding hydrogens is 825 g/mol. The second-order valence-electron chi connectivity index (χ2n) is 18.1. The van der Waals surface area contributed by atoms with Gasteiger partial charge in [-0.3, -0.25) is 13.6 Å². The number of hydrogen-bond donors (Lipinski definition) is 3. The van der Waals surface area contributed by atoms with Crippen molar-refractivity contribution >= 4 is 24.8 Å². The highest BCUT2D eigenvalue weighted by Crippen LogP contribution is 2.47. The number of rotatable bonds is 41. The zero-order valence-corrected chi connectivity index (χ0v) is 41.1. The predicted octanol–water partition coefficient (Wildman–Crippen LogP) is 12.7. The highest BCUT2D eigenvalue weighted by molar-refractivity contribution is 7.47. The van der Waals surface area contributed by atoms with Crippen LogP contribution in [0.4, 0.5) is 10.2 Å². The number of phosphoric acid groups is 1. The number of nitrogens with zero attached hydrogens (tertiary/aromatic N) is 4. The van der Waals surface area contributed by atoms with E-state index in [1.807, 2.05) is 0 Å². The molecule has 2 aromatic heterocycles. The molecule has 3 rings (SSSR count). The van der Waals surface area contributed by atoms with E-state index in [1.54, 1.807) is 14.0 Å². The largest absolute Gasteiger partial charge is 0.472 e. The lowest BCUT2D eigenvalue weighted by molar-refractivity contribution is -0.0617. The third-order valence-electron chi connectivity index (χ3n) is 12.4. The van der Waals surface area contributed by atoms with Gasteiger partial charge in [0.2, 0.25) is 0 Å². The Kier molecular flexibility index (Phi) is 28.9. The van der Waals surface area contributed by atoms with Gasteiger partial charge in [-0.1, -0.05) is 181 Å². The van der Waals surface area contributed by atoms with Crippen LogP contribution in [0.2, 0.25) is 0 Å². The van der Waals surface area contributed by atoms with Crippen LogP contribution in [-0.4, -0.2) is 93.6 Å². The summed E-state index contributed by atoms with van der Waals surface area (Å²) in [6.07, 6.45) is 32.3. The van der Waals surface area contributed by atoms with Gasteiger partial charge in [0.25, 0.3) is 0 Å². The molecule has 0 aromatic carbocycles. The SMILES string of the molecule is CCCCCCCCCCCCCCCCOCC(COP(=O)(O)OC[C@H]1O[C@@H](n2cnc3c(NC)nc(C)nc32)[C@](C)(F)[C@@H]1O)OCCCCCCCCCCCCCCCC. The number of aromatic nitrogens is 4. The molecule has 0 saturated carbocycles. The third-order valence-corrected chi connectivity index (χ3v) is 13.3. The van der Waals surface area contributed by atoms with E-state index in [-0.39, 0.29) is 13.2 Å². The molecule has 2 unspecified atom stereocenters. The number of nitrogens with one attached hydrogen (secondary N) is 1. The number of aliphatic hydroxyl groups is 1. The van der Waals surface area contributed by atoms with E-state index in [0.29, 0.717) is 36.0 Å². The smallest absolute Gasteiger partial charge is 0.387 e. The Hall–Kier alpha value is -1.77. The minimum Gasteiger partial charge on any atom is -0.387 e. The zero-order valence-electron chi connectivity index (χ0n) is 40.2. The molecule has 6 atom stereocenters. The van der Waals surface area contributed by atoms with Gasteiger partial charge in [-0.2, -0.15) is 0 Å². The Bertz CT molecular complexity index is 1500.